The van der Waals surface area contributed by atoms with Crippen LogP contribution in [0.2, 0.25) is 0 Å². The number of carbonyl (C=O) groups excluding carboxylic acids is 2. The van der Waals surface area contributed by atoms with E-state index in [-0.39, 0.29) is 25.3 Å². The van der Waals surface area contributed by atoms with E-state index in [1.165, 1.54) is 0 Å². The SMILES string of the molecule is COc1cccc(CCNNC(=O)[C@@]2(CCC(=O)OC(C)(C)C)N=C(c3ccc(OCCCO)cc3)O[C@H]2c2ccc(-c3ccccc3)cc2)c1. The fourth-order valence-electron chi connectivity index (χ4n) is 5.82. The third-order valence-electron chi connectivity index (χ3n) is 8.36. The Morgan fingerprint density at radius 1 is 0.882 bits per heavy atom. The van der Waals surface area contributed by atoms with Gasteiger partial charge in [-0.25, -0.2) is 10.4 Å². The van der Waals surface area contributed by atoms with Gasteiger partial charge in [-0.05, 0) is 92.3 Å². The van der Waals surface area contributed by atoms with Gasteiger partial charge < -0.3 is 24.1 Å². The maximum atomic E-state index is 14.5. The summed E-state index contributed by atoms with van der Waals surface area (Å²) in [6, 6.07) is 32.9. The number of hydrogen-bond donors (Lipinski definition) is 3. The molecule has 0 radical (unpaired) electrons. The van der Waals surface area contributed by atoms with Gasteiger partial charge in [0.25, 0.3) is 5.91 Å². The molecule has 0 fully saturated rings. The first kappa shape index (κ1) is 37.1. The third-order valence-corrected chi connectivity index (χ3v) is 8.36. The fourth-order valence-corrected chi connectivity index (χ4v) is 5.82. The van der Waals surface area contributed by atoms with Crippen LogP contribution in [0.5, 0.6) is 11.5 Å². The number of methoxy groups -OCH3 is 1. The van der Waals surface area contributed by atoms with Crippen LogP contribution in [0.3, 0.4) is 0 Å². The lowest BCUT2D eigenvalue weighted by Crippen LogP contribution is -2.53. The zero-order valence-corrected chi connectivity index (χ0v) is 29.7. The maximum Gasteiger partial charge on any atom is 0.306 e. The molecule has 0 saturated heterocycles. The average Bonchev–Trinajstić information content (AvgIpc) is 3.53. The number of ether oxygens (including phenoxy) is 4. The van der Waals surface area contributed by atoms with Gasteiger partial charge in [0, 0.05) is 31.6 Å². The Balaban J connectivity index is 1.47. The monoisotopic (exact) mass is 693 g/mol. The second kappa shape index (κ2) is 17.2. The van der Waals surface area contributed by atoms with Gasteiger partial charge in [0.2, 0.25) is 5.90 Å². The van der Waals surface area contributed by atoms with Gasteiger partial charge in [0.15, 0.2) is 11.6 Å². The minimum absolute atomic E-state index is 0.0300. The summed E-state index contributed by atoms with van der Waals surface area (Å²) >= 11 is 0. The van der Waals surface area contributed by atoms with Gasteiger partial charge in [0.05, 0.1) is 13.7 Å². The number of nitrogens with one attached hydrogen (secondary N) is 2. The zero-order valence-electron chi connectivity index (χ0n) is 29.7. The van der Waals surface area contributed by atoms with Crippen LogP contribution in [0.25, 0.3) is 11.1 Å². The Morgan fingerprint density at radius 3 is 2.27 bits per heavy atom. The Morgan fingerprint density at radius 2 is 1.59 bits per heavy atom. The highest BCUT2D eigenvalue weighted by Gasteiger charge is 2.53. The van der Waals surface area contributed by atoms with Crippen LogP contribution in [-0.4, -0.2) is 60.9 Å². The number of rotatable bonds is 16. The molecular weight excluding hydrogens is 646 g/mol. The molecule has 0 aromatic heterocycles. The Labute approximate surface area is 299 Å². The lowest BCUT2D eigenvalue weighted by Gasteiger charge is -2.31. The number of hydrogen-bond acceptors (Lipinski definition) is 9. The molecule has 0 aliphatic carbocycles. The van der Waals surface area contributed by atoms with Crippen molar-refractivity contribution in [2.45, 2.75) is 63.7 Å². The molecule has 4 aromatic carbocycles. The van der Waals surface area contributed by atoms with E-state index in [1.54, 1.807) is 19.2 Å². The highest BCUT2D eigenvalue weighted by Crippen LogP contribution is 2.44. The minimum Gasteiger partial charge on any atom is -0.497 e. The highest BCUT2D eigenvalue weighted by molar-refractivity contribution is 6.01. The summed E-state index contributed by atoms with van der Waals surface area (Å²) in [4.78, 5) is 32.6. The molecule has 1 aliphatic rings. The number of aliphatic hydroxyl groups excluding tert-OH is 1. The van der Waals surface area contributed by atoms with Crippen molar-refractivity contribution in [3.05, 3.63) is 120 Å². The van der Waals surface area contributed by atoms with E-state index in [0.717, 1.165) is 28.0 Å². The van der Waals surface area contributed by atoms with Crippen LogP contribution in [0, 0.1) is 0 Å². The van der Waals surface area contributed by atoms with Gasteiger partial charge in [-0.3, -0.25) is 15.0 Å². The molecule has 268 valence electrons. The zero-order chi connectivity index (χ0) is 36.3. The molecule has 2 atom stereocenters. The first-order valence-corrected chi connectivity index (χ1v) is 17.2. The van der Waals surface area contributed by atoms with Crippen LogP contribution >= 0.6 is 0 Å². The van der Waals surface area contributed by atoms with Crippen molar-refractivity contribution >= 4 is 17.8 Å². The largest absolute Gasteiger partial charge is 0.497 e. The summed E-state index contributed by atoms with van der Waals surface area (Å²) < 4.78 is 23.3. The summed E-state index contributed by atoms with van der Waals surface area (Å²) in [6.07, 6.45) is 0.253. The van der Waals surface area contributed by atoms with Gasteiger partial charge >= 0.3 is 5.97 Å². The summed E-state index contributed by atoms with van der Waals surface area (Å²) in [7, 11) is 1.62. The van der Waals surface area contributed by atoms with E-state index >= 15 is 0 Å². The van der Waals surface area contributed by atoms with Crippen molar-refractivity contribution in [3.8, 4) is 22.6 Å². The molecule has 3 N–H and O–H groups in total. The lowest BCUT2D eigenvalue weighted by atomic mass is 9.83. The molecule has 0 spiro atoms. The quantitative estimate of drug-likeness (QED) is 0.0703. The number of carbonyl (C=O) groups is 2. The molecule has 0 saturated carbocycles. The highest BCUT2D eigenvalue weighted by atomic mass is 16.6. The standard InChI is InChI=1S/C41H47N3O7/c1-40(2,3)51-36(46)22-24-41(39(47)44-42-25-23-29-10-8-13-35(28-29)48-4)37(32-16-14-31(15-17-32)30-11-6-5-7-12-30)50-38(43-41)33-18-20-34(21-19-33)49-27-9-26-45/h5-8,10-21,28,37,42,45H,9,22-27H2,1-4H3,(H,44,47)/t37-,41-/m0/s1. The normalized spacial score (nSPS) is 16.9. The topological polar surface area (TPSA) is 128 Å². The average molecular weight is 694 g/mol. The smallest absolute Gasteiger partial charge is 0.306 e. The number of amides is 1. The minimum atomic E-state index is -1.53. The van der Waals surface area contributed by atoms with Gasteiger partial charge in [-0.15, -0.1) is 0 Å². The molecule has 1 heterocycles. The second-order valence-electron chi connectivity index (χ2n) is 13.3. The first-order valence-electron chi connectivity index (χ1n) is 17.2. The predicted molar refractivity (Wildman–Crippen MR) is 197 cm³/mol. The number of esters is 1. The molecule has 0 bridgehead atoms. The fraction of sp³-hybridized carbons (Fsp3) is 0.341. The van der Waals surface area contributed by atoms with E-state index in [0.29, 0.717) is 37.3 Å². The van der Waals surface area contributed by atoms with Crippen molar-refractivity contribution in [1.82, 2.24) is 10.9 Å². The molecule has 4 aromatic rings. The number of hydrazine groups is 1. The molecule has 1 aliphatic heterocycles. The van der Waals surface area contributed by atoms with Crippen LogP contribution in [0.15, 0.2) is 108 Å². The van der Waals surface area contributed by atoms with E-state index in [9.17, 15) is 9.59 Å². The van der Waals surface area contributed by atoms with Crippen LogP contribution in [0.1, 0.15) is 62.8 Å². The van der Waals surface area contributed by atoms with Crippen molar-refractivity contribution in [2.75, 3.05) is 26.9 Å². The Hall–Kier alpha value is -5.19. The summed E-state index contributed by atoms with van der Waals surface area (Å²) in [5.74, 6) is 0.783. The molecule has 1 amide bonds. The Kier molecular flexibility index (Phi) is 12.5. The van der Waals surface area contributed by atoms with Crippen molar-refractivity contribution in [1.29, 1.82) is 0 Å². The third kappa shape index (κ3) is 9.96. The van der Waals surface area contributed by atoms with E-state index < -0.39 is 29.1 Å². The number of aliphatic imine (C=N–C) groups is 1. The van der Waals surface area contributed by atoms with Crippen LogP contribution in [0.4, 0.5) is 0 Å². The van der Waals surface area contributed by atoms with Crippen molar-refractivity contribution in [3.63, 3.8) is 0 Å². The molecule has 10 nitrogen and oxygen atoms in total. The van der Waals surface area contributed by atoms with Crippen LogP contribution < -0.4 is 20.3 Å². The molecular formula is C41H47N3O7. The van der Waals surface area contributed by atoms with E-state index in [1.807, 2.05) is 112 Å². The van der Waals surface area contributed by atoms with Crippen molar-refractivity contribution < 1.29 is 33.6 Å². The van der Waals surface area contributed by atoms with Crippen molar-refractivity contribution in [2.24, 2.45) is 4.99 Å². The van der Waals surface area contributed by atoms with Gasteiger partial charge in [-0.1, -0.05) is 66.7 Å². The van der Waals surface area contributed by atoms with Gasteiger partial charge in [0.1, 0.15) is 17.1 Å². The predicted octanol–water partition coefficient (Wildman–Crippen LogP) is 6.37. The second-order valence-corrected chi connectivity index (χ2v) is 13.3. The van der Waals surface area contributed by atoms with Gasteiger partial charge in [-0.2, -0.15) is 0 Å². The summed E-state index contributed by atoms with van der Waals surface area (Å²) in [5, 5.41) is 9.11. The molecule has 51 heavy (non-hydrogen) atoms. The maximum absolute atomic E-state index is 14.5. The number of benzene rings is 4. The molecule has 0 unspecified atom stereocenters. The van der Waals surface area contributed by atoms with Crippen LogP contribution in [-0.2, 0) is 25.5 Å². The Bertz CT molecular complexity index is 1770. The first-order chi connectivity index (χ1) is 24.6. The molecule has 10 heteroatoms. The summed E-state index contributed by atoms with van der Waals surface area (Å²) in [5.41, 5.74) is 8.23. The van der Waals surface area contributed by atoms with E-state index in [2.05, 4.69) is 10.9 Å². The summed E-state index contributed by atoms with van der Waals surface area (Å²) in [6.45, 7) is 6.29. The molecule has 5 rings (SSSR count). The number of nitrogens with zero attached hydrogens (tertiary/aromatic N) is 1. The lowest BCUT2D eigenvalue weighted by molar-refractivity contribution is -0.155. The van der Waals surface area contributed by atoms with E-state index in [4.69, 9.17) is 29.0 Å². The number of aliphatic hydroxyl groups is 1.